The summed E-state index contributed by atoms with van der Waals surface area (Å²) in [5.74, 6) is -5.43. The first-order chi connectivity index (χ1) is 17.6. The Kier molecular flexibility index (Phi) is 7.39. The van der Waals surface area contributed by atoms with E-state index in [9.17, 15) is 34.5 Å². The third-order valence-electron chi connectivity index (χ3n) is 4.98. The number of nitrogens with two attached hydrogens (primary N) is 1. The second-order valence-electron chi connectivity index (χ2n) is 7.15. The highest BCUT2D eigenvalue weighted by Crippen LogP contribution is 2.42. The second kappa shape index (κ2) is 10.4. The summed E-state index contributed by atoms with van der Waals surface area (Å²) in [6, 6.07) is -1.12. The Hall–Kier alpha value is -3.68. The van der Waals surface area contributed by atoms with E-state index in [-0.39, 0.29) is 44.3 Å². The monoisotopic (exact) mass is 585 g/mol. The minimum atomic E-state index is -1.49. The van der Waals surface area contributed by atoms with Crippen LogP contribution in [-0.2, 0) is 19.2 Å². The summed E-state index contributed by atoms with van der Waals surface area (Å²) >= 11 is 7.87. The van der Waals surface area contributed by atoms with Crippen molar-refractivity contribution in [2.24, 2.45) is 5.16 Å². The lowest BCUT2D eigenvalue weighted by molar-refractivity contribution is -0.150. The summed E-state index contributed by atoms with van der Waals surface area (Å²) in [5, 5.41) is 34.5. The van der Waals surface area contributed by atoms with Crippen LogP contribution in [0.4, 0.5) is 5.13 Å². The van der Waals surface area contributed by atoms with Crippen molar-refractivity contribution >= 4 is 86.5 Å². The zero-order valence-corrected chi connectivity index (χ0v) is 21.7. The number of amides is 2. The fourth-order valence-corrected chi connectivity index (χ4v) is 6.42. The van der Waals surface area contributed by atoms with Crippen molar-refractivity contribution in [3.8, 4) is 5.88 Å². The number of hydrogen-bond donors (Lipinski definition) is 5. The van der Waals surface area contributed by atoms with E-state index in [2.05, 4.69) is 24.2 Å². The van der Waals surface area contributed by atoms with Crippen LogP contribution in [0.2, 0.25) is 0 Å². The quantitative estimate of drug-likeness (QED) is 0.0849. The number of anilines is 1. The molecular weight excluding hydrogens is 571 g/mol. The SMILES string of the molecule is CCON=C(C(=O)NC1C(=O)N2C(C(=O)O)=C(C(=S)c3snc(O)c3C(=O)O)CS[C@@H]12)c1nsc(N)n1. The van der Waals surface area contributed by atoms with Gasteiger partial charge in [-0.1, -0.05) is 17.4 Å². The van der Waals surface area contributed by atoms with Gasteiger partial charge in [0.25, 0.3) is 11.8 Å². The number of aliphatic carboxylic acids is 1. The van der Waals surface area contributed by atoms with Gasteiger partial charge in [0.1, 0.15) is 29.3 Å². The highest BCUT2D eigenvalue weighted by atomic mass is 32.2. The molecule has 194 valence electrons. The van der Waals surface area contributed by atoms with Crippen LogP contribution in [0.3, 0.4) is 0 Å². The molecule has 0 spiro atoms. The number of aromatic nitrogens is 3. The molecule has 1 unspecified atom stereocenters. The average Bonchev–Trinajstić information content (AvgIpc) is 3.46. The summed E-state index contributed by atoms with van der Waals surface area (Å²) in [4.78, 5) is 59.1. The van der Waals surface area contributed by atoms with Crippen LogP contribution in [0, 0.1) is 0 Å². The molecule has 2 aliphatic rings. The molecule has 0 radical (unpaired) electrons. The van der Waals surface area contributed by atoms with Gasteiger partial charge < -0.3 is 31.2 Å². The Morgan fingerprint density at radius 1 is 1.27 bits per heavy atom. The topological polar surface area (TPSA) is 231 Å². The van der Waals surface area contributed by atoms with E-state index in [0.717, 1.165) is 28.2 Å². The lowest BCUT2D eigenvalue weighted by Gasteiger charge is -2.49. The number of aromatic hydroxyl groups is 1. The number of carboxylic acid groups (broad SMARTS) is 2. The number of fused-ring (bicyclic) bond motifs is 1. The summed E-state index contributed by atoms with van der Waals surface area (Å²) in [5.41, 5.74) is 4.26. The molecule has 0 saturated carbocycles. The standard InChI is InChI=1S/C18H15N7O8S4/c1-2-33-22-6(11-21-18(19)37-23-11)13(27)20-7-14(28)25-8(17(31)32)4(3-35-15(7)25)9(34)10-5(16(29)30)12(26)24-36-10/h7,15H,2-3H2,1H3,(H,20,27)(H,24,26)(H,29,30)(H,31,32)(H2,19,21,23)/t7?,15-/m0/s1. The van der Waals surface area contributed by atoms with Gasteiger partial charge in [-0.3, -0.25) is 14.5 Å². The molecule has 0 aromatic carbocycles. The number of carbonyl (C=O) groups is 4. The third-order valence-corrected chi connectivity index (χ3v) is 8.24. The zero-order chi connectivity index (χ0) is 27.0. The number of thiocarbonyl (C=S) groups is 1. The van der Waals surface area contributed by atoms with Crippen molar-refractivity contribution in [2.75, 3.05) is 18.1 Å². The lowest BCUT2D eigenvalue weighted by Crippen LogP contribution is -2.71. The maximum absolute atomic E-state index is 13.0. The van der Waals surface area contributed by atoms with E-state index in [4.69, 9.17) is 22.8 Å². The van der Waals surface area contributed by atoms with Gasteiger partial charge >= 0.3 is 11.9 Å². The third kappa shape index (κ3) is 4.72. The summed E-state index contributed by atoms with van der Waals surface area (Å²) < 4.78 is 7.51. The van der Waals surface area contributed by atoms with E-state index in [1.165, 1.54) is 0 Å². The molecule has 4 rings (SSSR count). The number of nitrogens with one attached hydrogen (secondary N) is 1. The van der Waals surface area contributed by atoms with Crippen molar-refractivity contribution < 1.29 is 39.3 Å². The lowest BCUT2D eigenvalue weighted by atomic mass is 10.00. The van der Waals surface area contributed by atoms with Gasteiger partial charge in [0, 0.05) is 22.9 Å². The van der Waals surface area contributed by atoms with Crippen LogP contribution in [0.25, 0.3) is 0 Å². The maximum Gasteiger partial charge on any atom is 0.353 e. The van der Waals surface area contributed by atoms with Crippen LogP contribution in [0.1, 0.15) is 28.0 Å². The number of thioether (sulfide) groups is 1. The first-order valence-electron chi connectivity index (χ1n) is 10.0. The molecule has 15 nitrogen and oxygen atoms in total. The summed E-state index contributed by atoms with van der Waals surface area (Å²) in [7, 11) is 0. The second-order valence-corrected chi connectivity index (χ2v) is 10.2. The molecule has 19 heteroatoms. The highest BCUT2D eigenvalue weighted by molar-refractivity contribution is 8.00. The Morgan fingerprint density at radius 3 is 2.59 bits per heavy atom. The Morgan fingerprint density at radius 2 is 2.00 bits per heavy atom. The molecule has 6 N–H and O–H groups in total. The molecule has 4 heterocycles. The zero-order valence-electron chi connectivity index (χ0n) is 18.4. The predicted octanol–water partition coefficient (Wildman–Crippen LogP) is -0.122. The van der Waals surface area contributed by atoms with Crippen LogP contribution >= 0.6 is 47.0 Å². The Labute approximate surface area is 224 Å². The van der Waals surface area contributed by atoms with Crippen LogP contribution in [0.5, 0.6) is 5.88 Å². The molecule has 2 amide bonds. The minimum absolute atomic E-state index is 0.00812. The molecule has 1 saturated heterocycles. The van der Waals surface area contributed by atoms with E-state index in [1.807, 2.05) is 0 Å². The van der Waals surface area contributed by atoms with Crippen molar-refractivity contribution in [2.45, 2.75) is 18.3 Å². The molecule has 0 bridgehead atoms. The van der Waals surface area contributed by atoms with E-state index < -0.39 is 52.3 Å². The number of carboxylic acids is 2. The number of β-lactam (4-membered cyclic amide) rings is 1. The summed E-state index contributed by atoms with van der Waals surface area (Å²) in [6.07, 6.45) is 0. The van der Waals surface area contributed by atoms with Gasteiger partial charge in [0.2, 0.25) is 17.4 Å². The molecule has 2 aromatic heterocycles. The maximum atomic E-state index is 13.0. The Bertz CT molecular complexity index is 1400. The van der Waals surface area contributed by atoms with Crippen LogP contribution in [0.15, 0.2) is 16.4 Å². The molecule has 0 aliphatic carbocycles. The number of rotatable bonds is 9. The van der Waals surface area contributed by atoms with Gasteiger partial charge in [-0.25, -0.2) is 9.59 Å². The fourth-order valence-electron chi connectivity index (χ4n) is 3.41. The highest BCUT2D eigenvalue weighted by Gasteiger charge is 2.55. The molecule has 2 atom stereocenters. The first-order valence-corrected chi connectivity index (χ1v) is 13.0. The molecule has 1 fully saturated rings. The number of hydrogen-bond acceptors (Lipinski definition) is 15. The van der Waals surface area contributed by atoms with E-state index >= 15 is 0 Å². The van der Waals surface area contributed by atoms with Gasteiger partial charge in [-0.15, -0.1) is 11.8 Å². The van der Waals surface area contributed by atoms with Gasteiger partial charge in [0.05, 0.1) is 9.74 Å². The van der Waals surface area contributed by atoms with Crippen molar-refractivity contribution in [1.82, 2.24) is 23.9 Å². The van der Waals surface area contributed by atoms with E-state index in [0.29, 0.717) is 11.5 Å². The van der Waals surface area contributed by atoms with Crippen LogP contribution in [-0.4, -0.2) is 92.1 Å². The number of oxime groups is 1. The number of nitrogens with zero attached hydrogens (tertiary/aromatic N) is 5. The largest absolute Gasteiger partial charge is 0.492 e. The molecule has 2 aliphatic heterocycles. The van der Waals surface area contributed by atoms with E-state index in [1.54, 1.807) is 6.92 Å². The average molecular weight is 586 g/mol. The number of carbonyl (C=O) groups excluding carboxylic acids is 2. The van der Waals surface area contributed by atoms with Gasteiger partial charge in [0.15, 0.2) is 5.13 Å². The predicted molar refractivity (Wildman–Crippen MR) is 135 cm³/mol. The Balaban J connectivity index is 1.60. The van der Waals surface area contributed by atoms with Gasteiger partial charge in [-0.2, -0.15) is 13.7 Å². The van der Waals surface area contributed by atoms with Crippen molar-refractivity contribution in [1.29, 1.82) is 0 Å². The molecular formula is C18H15N7O8S4. The molecule has 37 heavy (non-hydrogen) atoms. The number of nitrogen functional groups attached to an aromatic ring is 1. The minimum Gasteiger partial charge on any atom is -0.492 e. The van der Waals surface area contributed by atoms with Gasteiger partial charge in [-0.05, 0) is 18.5 Å². The van der Waals surface area contributed by atoms with Crippen molar-refractivity contribution in [3.05, 3.63) is 27.5 Å². The fraction of sp³-hybridized carbons (Fsp3) is 0.278. The molecule has 2 aromatic rings. The normalized spacial score (nSPS) is 19.2. The van der Waals surface area contributed by atoms with Crippen molar-refractivity contribution in [3.63, 3.8) is 0 Å². The smallest absolute Gasteiger partial charge is 0.353 e. The summed E-state index contributed by atoms with van der Waals surface area (Å²) in [6.45, 7) is 1.78. The first kappa shape index (κ1) is 26.4. The van der Waals surface area contributed by atoms with Crippen LogP contribution < -0.4 is 11.1 Å². The number of aromatic carboxylic acids is 1.